The van der Waals surface area contributed by atoms with Gasteiger partial charge in [0.2, 0.25) is 0 Å². The van der Waals surface area contributed by atoms with Crippen LogP contribution in [0.1, 0.15) is 46.6 Å². The lowest BCUT2D eigenvalue weighted by molar-refractivity contribution is -0.148. The third-order valence-corrected chi connectivity index (χ3v) is 3.81. The van der Waals surface area contributed by atoms with Crippen molar-refractivity contribution in [3.05, 3.63) is 33.8 Å². The zero-order chi connectivity index (χ0) is 19.2. The molecule has 1 rings (SSSR count). The molecule has 1 amide bonds. The number of ether oxygens (including phenoxy) is 2. The Balaban J connectivity index is 0.00000625. The van der Waals surface area contributed by atoms with Gasteiger partial charge in [0.05, 0.1) is 0 Å². The molecule has 8 heteroatoms. The van der Waals surface area contributed by atoms with Gasteiger partial charge in [-0.15, -0.1) is 0 Å². The van der Waals surface area contributed by atoms with Crippen molar-refractivity contribution in [1.29, 1.82) is 0 Å². The summed E-state index contributed by atoms with van der Waals surface area (Å²) in [4.78, 5) is 24.4. The molecule has 0 aliphatic heterocycles. The first-order chi connectivity index (χ1) is 11.5. The fourth-order valence-corrected chi connectivity index (χ4v) is 2.56. The van der Waals surface area contributed by atoms with Gasteiger partial charge in [-0.2, -0.15) is 13.5 Å². The second-order valence-corrected chi connectivity index (χ2v) is 7.95. The lowest BCUT2D eigenvalue weighted by Crippen LogP contribution is -2.44. The molecule has 0 aliphatic rings. The van der Waals surface area contributed by atoms with E-state index in [9.17, 15) is 9.59 Å². The third kappa shape index (κ3) is 9.01. The molecule has 1 N–H and O–H groups in total. The van der Waals surface area contributed by atoms with E-state index < -0.39 is 23.7 Å². The second-order valence-electron chi connectivity index (χ2n) is 7.14. The van der Waals surface area contributed by atoms with Gasteiger partial charge < -0.3 is 14.8 Å². The molecule has 1 atom stereocenters. The van der Waals surface area contributed by atoms with E-state index >= 15 is 0 Å². The highest BCUT2D eigenvalue weighted by atomic mass is 35.5. The lowest BCUT2D eigenvalue weighted by Gasteiger charge is -2.23. The van der Waals surface area contributed by atoms with Crippen LogP contribution in [0, 0.1) is 5.92 Å². The molecule has 0 saturated carbocycles. The largest absolute Gasteiger partial charge is 0.459 e. The number of esters is 1. The zero-order valence-corrected chi connectivity index (χ0v) is 18.2. The van der Waals surface area contributed by atoms with Crippen LogP contribution in [0.2, 0.25) is 10.0 Å². The first-order valence-electron chi connectivity index (χ1n) is 8.08. The van der Waals surface area contributed by atoms with E-state index in [1.165, 1.54) is 0 Å². The Labute approximate surface area is 172 Å². The fraction of sp³-hybridized carbons (Fsp3) is 0.556. The van der Waals surface area contributed by atoms with Crippen LogP contribution in [-0.2, 0) is 20.9 Å². The van der Waals surface area contributed by atoms with Gasteiger partial charge in [0.25, 0.3) is 0 Å². The Kier molecular flexibility index (Phi) is 10.4. The minimum absolute atomic E-state index is 0. The van der Waals surface area contributed by atoms with Crippen molar-refractivity contribution in [2.45, 2.75) is 59.3 Å². The average Bonchev–Trinajstić information content (AvgIpc) is 2.43. The summed E-state index contributed by atoms with van der Waals surface area (Å²) in [5, 5.41) is 3.40. The highest BCUT2D eigenvalue weighted by Crippen LogP contribution is 2.25. The molecule has 0 heterocycles. The van der Waals surface area contributed by atoms with Crippen LogP contribution in [0.4, 0.5) is 4.79 Å². The predicted octanol–water partition coefficient (Wildman–Crippen LogP) is 5.09. The molecule has 1 aromatic rings. The van der Waals surface area contributed by atoms with Crippen LogP contribution < -0.4 is 5.32 Å². The number of nitrogens with one attached hydrogen (secondary N) is 1. The Hall–Kier alpha value is -1.11. The maximum absolute atomic E-state index is 12.4. The van der Waals surface area contributed by atoms with Crippen LogP contribution in [0.25, 0.3) is 0 Å². The van der Waals surface area contributed by atoms with Crippen molar-refractivity contribution in [3.8, 4) is 0 Å². The van der Waals surface area contributed by atoms with Gasteiger partial charge in [-0.3, -0.25) is 0 Å². The average molecular weight is 424 g/mol. The zero-order valence-electron chi connectivity index (χ0n) is 15.7. The molecular weight excluding hydrogens is 397 g/mol. The van der Waals surface area contributed by atoms with E-state index in [0.29, 0.717) is 22.0 Å². The number of amides is 1. The molecule has 26 heavy (non-hydrogen) atoms. The first-order valence-corrected chi connectivity index (χ1v) is 8.84. The van der Waals surface area contributed by atoms with Gasteiger partial charge in [-0.05, 0) is 45.2 Å². The number of hydrogen-bond acceptors (Lipinski definition) is 4. The monoisotopic (exact) mass is 423 g/mol. The standard InChI is InChI=1S/C18H25Cl2NO4.H2S/c1-11(2)9-15(21-17(23)25-18(3,4)5)16(22)24-10-12-13(19)7-6-8-14(12)20;/h6-8,11,15H,9-10H2,1-5H3,(H,21,23);1H2/t15-;/m0./s1. The Bertz CT molecular complexity index is 597. The molecule has 148 valence electrons. The topological polar surface area (TPSA) is 64.6 Å². The van der Waals surface area contributed by atoms with Crippen LogP contribution in [0.3, 0.4) is 0 Å². The number of rotatable bonds is 6. The molecule has 0 bridgehead atoms. The molecule has 0 spiro atoms. The molecule has 0 saturated heterocycles. The number of carbonyl (C=O) groups is 2. The summed E-state index contributed by atoms with van der Waals surface area (Å²) >= 11 is 12.1. The maximum Gasteiger partial charge on any atom is 0.408 e. The SMILES string of the molecule is CC(C)C[C@H](NC(=O)OC(C)(C)C)C(=O)OCc1c(Cl)cccc1Cl.S. The molecule has 0 aromatic heterocycles. The minimum Gasteiger partial charge on any atom is -0.459 e. The fourth-order valence-electron chi connectivity index (χ4n) is 2.05. The quantitative estimate of drug-likeness (QED) is 0.647. The van der Waals surface area contributed by atoms with Crippen molar-refractivity contribution < 1.29 is 19.1 Å². The summed E-state index contributed by atoms with van der Waals surface area (Å²) in [5.74, 6) is -0.382. The number of halogens is 2. The minimum atomic E-state index is -0.809. The number of benzene rings is 1. The molecular formula is C18H27Cl2NO4S. The third-order valence-electron chi connectivity index (χ3n) is 3.10. The highest BCUT2D eigenvalue weighted by molar-refractivity contribution is 7.59. The summed E-state index contributed by atoms with van der Waals surface area (Å²) in [6.45, 7) is 9.08. The maximum atomic E-state index is 12.4. The highest BCUT2D eigenvalue weighted by Gasteiger charge is 2.26. The van der Waals surface area contributed by atoms with Crippen LogP contribution in [-0.4, -0.2) is 23.7 Å². The molecule has 0 unspecified atom stereocenters. The van der Waals surface area contributed by atoms with Gasteiger partial charge in [0.1, 0.15) is 18.2 Å². The van der Waals surface area contributed by atoms with Gasteiger partial charge in [0.15, 0.2) is 0 Å². The Morgan fingerprint density at radius 2 is 1.69 bits per heavy atom. The summed E-state index contributed by atoms with van der Waals surface area (Å²) < 4.78 is 10.5. The van der Waals surface area contributed by atoms with Crippen LogP contribution >= 0.6 is 36.7 Å². The number of hydrogen-bond donors (Lipinski definition) is 1. The molecule has 0 aliphatic carbocycles. The smallest absolute Gasteiger partial charge is 0.408 e. The molecule has 5 nitrogen and oxygen atoms in total. The van der Waals surface area contributed by atoms with Gasteiger partial charge in [-0.1, -0.05) is 43.1 Å². The summed E-state index contributed by atoms with van der Waals surface area (Å²) in [6.07, 6.45) is -0.236. The van der Waals surface area contributed by atoms with E-state index in [4.69, 9.17) is 32.7 Å². The summed E-state index contributed by atoms with van der Waals surface area (Å²) in [5.41, 5.74) is -0.124. The van der Waals surface area contributed by atoms with Crippen LogP contribution in [0.15, 0.2) is 18.2 Å². The van der Waals surface area contributed by atoms with Crippen LogP contribution in [0.5, 0.6) is 0 Å². The van der Waals surface area contributed by atoms with Gasteiger partial charge >= 0.3 is 12.1 Å². The van der Waals surface area contributed by atoms with Crippen molar-refractivity contribution in [1.82, 2.24) is 5.32 Å². The Morgan fingerprint density at radius 3 is 2.15 bits per heavy atom. The van der Waals surface area contributed by atoms with E-state index in [1.54, 1.807) is 39.0 Å². The Morgan fingerprint density at radius 1 is 1.15 bits per heavy atom. The first kappa shape index (κ1) is 24.9. The van der Waals surface area contributed by atoms with Crippen molar-refractivity contribution >= 4 is 48.8 Å². The van der Waals surface area contributed by atoms with Gasteiger partial charge in [0, 0.05) is 15.6 Å². The van der Waals surface area contributed by atoms with E-state index in [0.717, 1.165) is 0 Å². The predicted molar refractivity (Wildman–Crippen MR) is 109 cm³/mol. The van der Waals surface area contributed by atoms with E-state index in [1.807, 2.05) is 13.8 Å². The number of alkyl carbamates (subject to hydrolysis) is 1. The normalized spacial score (nSPS) is 12.2. The van der Waals surface area contributed by atoms with Crippen molar-refractivity contribution in [2.75, 3.05) is 0 Å². The molecule has 1 aromatic carbocycles. The summed E-state index contributed by atoms with van der Waals surface area (Å²) in [6, 6.07) is 4.24. The van der Waals surface area contributed by atoms with Crippen molar-refractivity contribution in [3.63, 3.8) is 0 Å². The van der Waals surface area contributed by atoms with E-state index in [-0.39, 0.29) is 26.0 Å². The lowest BCUT2D eigenvalue weighted by atomic mass is 10.0. The second kappa shape index (κ2) is 10.9. The van der Waals surface area contributed by atoms with Gasteiger partial charge in [-0.25, -0.2) is 9.59 Å². The molecule has 0 radical (unpaired) electrons. The van der Waals surface area contributed by atoms with Crippen molar-refractivity contribution in [2.24, 2.45) is 5.92 Å². The number of carbonyl (C=O) groups excluding carboxylic acids is 2. The van der Waals surface area contributed by atoms with E-state index in [2.05, 4.69) is 5.32 Å². The summed E-state index contributed by atoms with van der Waals surface area (Å²) in [7, 11) is 0. The molecule has 0 fully saturated rings.